The van der Waals surface area contributed by atoms with E-state index in [0.29, 0.717) is 0 Å². The van der Waals surface area contributed by atoms with Crippen molar-refractivity contribution in [1.29, 1.82) is 0 Å². The summed E-state index contributed by atoms with van der Waals surface area (Å²) in [5.74, 6) is 0. The molecule has 0 radical (unpaired) electrons. The van der Waals surface area contributed by atoms with Crippen molar-refractivity contribution < 1.29 is 0 Å². The fourth-order valence-corrected chi connectivity index (χ4v) is 2.47. The molecule has 4 nitrogen and oxygen atoms in total. The van der Waals surface area contributed by atoms with E-state index in [1.54, 1.807) is 0 Å². The highest BCUT2D eigenvalue weighted by molar-refractivity contribution is 5.46. The summed E-state index contributed by atoms with van der Waals surface area (Å²) in [6, 6.07) is 4.27. The molecule has 1 aliphatic rings. The minimum atomic E-state index is 0.0537. The number of nitrogens with zero attached hydrogens (tertiary/aromatic N) is 3. The van der Waals surface area contributed by atoms with E-state index in [-0.39, 0.29) is 11.6 Å². The largest absolute Gasteiger partial charge is 0.367 e. The molecule has 106 valence electrons. The molecule has 1 fully saturated rings. The smallest absolute Gasteiger partial charge is 0.0572 e. The lowest BCUT2D eigenvalue weighted by molar-refractivity contribution is 0.139. The molecule has 2 N–H and O–H groups in total. The maximum absolute atomic E-state index is 6.00. The van der Waals surface area contributed by atoms with Crippen molar-refractivity contribution in [1.82, 2.24) is 9.88 Å². The summed E-state index contributed by atoms with van der Waals surface area (Å²) in [6.45, 7) is 9.83. The summed E-state index contributed by atoms with van der Waals surface area (Å²) < 4.78 is 0. The number of nitrogens with two attached hydrogens (primary N) is 1. The maximum Gasteiger partial charge on any atom is 0.0572 e. The van der Waals surface area contributed by atoms with Crippen molar-refractivity contribution in [3.63, 3.8) is 0 Å². The number of anilines is 1. The zero-order valence-electron chi connectivity index (χ0n) is 12.6. The van der Waals surface area contributed by atoms with Crippen LogP contribution in [0.4, 0.5) is 5.69 Å². The zero-order valence-corrected chi connectivity index (χ0v) is 12.6. The summed E-state index contributed by atoms with van der Waals surface area (Å²) in [5.41, 5.74) is 8.39. The van der Waals surface area contributed by atoms with Crippen LogP contribution >= 0.6 is 0 Å². The third kappa shape index (κ3) is 3.07. The minimum Gasteiger partial charge on any atom is -0.367 e. The number of piperazine rings is 1. The van der Waals surface area contributed by atoms with Gasteiger partial charge in [0, 0.05) is 31.2 Å². The van der Waals surface area contributed by atoms with Gasteiger partial charge in [0.2, 0.25) is 0 Å². The Kier molecular flexibility index (Phi) is 4.11. The number of hydrogen-bond donors (Lipinski definition) is 1. The number of rotatable bonds is 3. The number of aromatic nitrogens is 1. The minimum absolute atomic E-state index is 0.0537. The van der Waals surface area contributed by atoms with E-state index in [4.69, 9.17) is 5.73 Å². The van der Waals surface area contributed by atoms with Crippen LogP contribution in [0.25, 0.3) is 0 Å². The molecule has 4 heteroatoms. The molecule has 1 atom stereocenters. The SMILES string of the molecule is CC[C@H](N)c1ccc(N2CCN(C)C(C)(C)C2)cn1. The van der Waals surface area contributed by atoms with Gasteiger partial charge in [0.15, 0.2) is 0 Å². The summed E-state index contributed by atoms with van der Waals surface area (Å²) >= 11 is 0. The lowest BCUT2D eigenvalue weighted by atomic mass is 9.99. The van der Waals surface area contributed by atoms with E-state index < -0.39 is 0 Å². The zero-order chi connectivity index (χ0) is 14.0. The molecule has 1 aromatic heterocycles. The summed E-state index contributed by atoms with van der Waals surface area (Å²) in [6.07, 6.45) is 2.89. The van der Waals surface area contributed by atoms with Crippen molar-refractivity contribution >= 4 is 5.69 Å². The molecule has 1 saturated heterocycles. The quantitative estimate of drug-likeness (QED) is 0.905. The Morgan fingerprint density at radius 3 is 2.63 bits per heavy atom. The van der Waals surface area contributed by atoms with Crippen molar-refractivity contribution in [3.05, 3.63) is 24.0 Å². The Labute approximate surface area is 116 Å². The van der Waals surface area contributed by atoms with E-state index in [1.807, 2.05) is 6.20 Å². The molecule has 0 amide bonds. The predicted molar refractivity (Wildman–Crippen MR) is 80.4 cm³/mol. The average Bonchev–Trinajstić information content (AvgIpc) is 2.41. The first-order chi connectivity index (χ1) is 8.94. The third-order valence-electron chi connectivity index (χ3n) is 4.27. The van der Waals surface area contributed by atoms with Crippen molar-refractivity contribution in [2.75, 3.05) is 31.6 Å². The van der Waals surface area contributed by atoms with Crippen LogP contribution < -0.4 is 10.6 Å². The Hall–Kier alpha value is -1.13. The number of likely N-dealkylation sites (N-methyl/N-ethyl adjacent to an activating group) is 1. The standard InChI is InChI=1S/C15H26N4/c1-5-13(16)14-7-6-12(10-17-14)19-9-8-18(4)15(2,3)11-19/h6-7,10,13H,5,8-9,11,16H2,1-4H3/t13-/m0/s1. The van der Waals surface area contributed by atoms with Gasteiger partial charge >= 0.3 is 0 Å². The van der Waals surface area contributed by atoms with Gasteiger partial charge in [0.25, 0.3) is 0 Å². The summed E-state index contributed by atoms with van der Waals surface area (Å²) in [4.78, 5) is 9.34. The van der Waals surface area contributed by atoms with Gasteiger partial charge in [-0.15, -0.1) is 0 Å². The molecule has 19 heavy (non-hydrogen) atoms. The van der Waals surface area contributed by atoms with Gasteiger partial charge in [-0.25, -0.2) is 0 Å². The second-order valence-corrected chi connectivity index (χ2v) is 6.11. The maximum atomic E-state index is 6.00. The molecule has 1 aromatic rings. The lowest BCUT2D eigenvalue weighted by Gasteiger charge is -2.46. The van der Waals surface area contributed by atoms with Gasteiger partial charge < -0.3 is 10.6 Å². The number of hydrogen-bond acceptors (Lipinski definition) is 4. The molecule has 0 unspecified atom stereocenters. The summed E-state index contributed by atoms with van der Waals surface area (Å²) in [7, 11) is 2.19. The molecular formula is C15H26N4. The molecule has 2 rings (SSSR count). The monoisotopic (exact) mass is 262 g/mol. The molecule has 1 aliphatic heterocycles. The van der Waals surface area contributed by atoms with E-state index in [9.17, 15) is 0 Å². The van der Waals surface area contributed by atoms with Gasteiger partial charge in [0.05, 0.1) is 17.6 Å². The van der Waals surface area contributed by atoms with Crippen LogP contribution in [0.5, 0.6) is 0 Å². The van der Waals surface area contributed by atoms with E-state index in [0.717, 1.165) is 31.7 Å². The lowest BCUT2D eigenvalue weighted by Crippen LogP contribution is -2.57. The van der Waals surface area contributed by atoms with Crippen LogP contribution in [0.3, 0.4) is 0 Å². The van der Waals surface area contributed by atoms with Crippen molar-refractivity contribution in [2.24, 2.45) is 5.73 Å². The molecular weight excluding hydrogens is 236 g/mol. The van der Waals surface area contributed by atoms with E-state index >= 15 is 0 Å². The summed E-state index contributed by atoms with van der Waals surface area (Å²) in [5, 5.41) is 0. The van der Waals surface area contributed by atoms with Crippen molar-refractivity contribution in [2.45, 2.75) is 38.8 Å². The Balaban J connectivity index is 2.10. The Morgan fingerprint density at radius 2 is 2.11 bits per heavy atom. The van der Waals surface area contributed by atoms with Gasteiger partial charge in [-0.05, 0) is 39.4 Å². The van der Waals surface area contributed by atoms with Gasteiger partial charge in [-0.2, -0.15) is 0 Å². The molecule has 0 bridgehead atoms. The molecule has 0 saturated carbocycles. The van der Waals surface area contributed by atoms with Crippen LogP contribution in [0.1, 0.15) is 38.9 Å². The molecule has 0 aliphatic carbocycles. The van der Waals surface area contributed by atoms with Crippen LogP contribution in [-0.4, -0.2) is 42.1 Å². The number of pyridine rings is 1. The first-order valence-electron chi connectivity index (χ1n) is 7.12. The van der Waals surface area contributed by atoms with Gasteiger partial charge in [-0.1, -0.05) is 6.92 Å². The Bertz CT molecular complexity index is 413. The highest BCUT2D eigenvalue weighted by Crippen LogP contribution is 2.24. The fourth-order valence-electron chi connectivity index (χ4n) is 2.47. The fraction of sp³-hybridized carbons (Fsp3) is 0.667. The normalized spacial score (nSPS) is 21.4. The van der Waals surface area contributed by atoms with Crippen molar-refractivity contribution in [3.8, 4) is 0 Å². The predicted octanol–water partition coefficient (Wildman–Crippen LogP) is 2.02. The average molecular weight is 262 g/mol. The van der Waals surface area contributed by atoms with E-state index in [2.05, 4.69) is 54.7 Å². The third-order valence-corrected chi connectivity index (χ3v) is 4.27. The van der Waals surface area contributed by atoms with Crippen LogP contribution in [0, 0.1) is 0 Å². The molecule has 0 spiro atoms. The van der Waals surface area contributed by atoms with Crippen LogP contribution in [0.15, 0.2) is 18.3 Å². The van der Waals surface area contributed by atoms with Gasteiger partial charge in [0.1, 0.15) is 0 Å². The second kappa shape index (κ2) is 5.47. The Morgan fingerprint density at radius 1 is 1.37 bits per heavy atom. The molecule has 2 heterocycles. The van der Waals surface area contributed by atoms with Gasteiger partial charge in [-0.3, -0.25) is 9.88 Å². The molecule has 0 aromatic carbocycles. The highest BCUT2D eigenvalue weighted by Gasteiger charge is 2.31. The first kappa shape index (κ1) is 14.3. The highest BCUT2D eigenvalue weighted by atomic mass is 15.3. The second-order valence-electron chi connectivity index (χ2n) is 6.11. The van der Waals surface area contributed by atoms with E-state index in [1.165, 1.54) is 5.69 Å². The van der Waals surface area contributed by atoms with Crippen LogP contribution in [-0.2, 0) is 0 Å². The van der Waals surface area contributed by atoms with Crippen LogP contribution in [0.2, 0.25) is 0 Å². The topological polar surface area (TPSA) is 45.4 Å². The first-order valence-corrected chi connectivity index (χ1v) is 7.12.